The van der Waals surface area contributed by atoms with E-state index < -0.39 is 0 Å². The first-order valence-electron chi connectivity index (χ1n) is 7.28. The van der Waals surface area contributed by atoms with Crippen molar-refractivity contribution in [3.05, 3.63) is 47.5 Å². The lowest BCUT2D eigenvalue weighted by Gasteiger charge is -2.12. The number of imidazole rings is 1. The van der Waals surface area contributed by atoms with Crippen LogP contribution in [0.1, 0.15) is 30.2 Å². The smallest absolute Gasteiger partial charge is 0.242 e. The minimum atomic E-state index is -0.183. The summed E-state index contributed by atoms with van der Waals surface area (Å²) in [7, 11) is 0. The van der Waals surface area contributed by atoms with Gasteiger partial charge in [-0.15, -0.1) is 0 Å². The first-order chi connectivity index (χ1) is 10.5. The number of para-hydroxylation sites is 2. The minimum absolute atomic E-state index is 0.0841. The molecule has 0 aliphatic heterocycles. The Morgan fingerprint density at radius 2 is 2.14 bits per heavy atom. The van der Waals surface area contributed by atoms with Crippen molar-refractivity contribution >= 4 is 16.9 Å². The zero-order chi connectivity index (χ0) is 15.7. The number of amides is 1. The molecule has 1 aromatic carbocycles. The van der Waals surface area contributed by atoms with E-state index in [2.05, 4.69) is 20.4 Å². The van der Waals surface area contributed by atoms with Crippen LogP contribution in [-0.2, 0) is 11.3 Å². The molecule has 1 atom stereocenters. The van der Waals surface area contributed by atoms with Crippen LogP contribution < -0.4 is 5.32 Å². The fourth-order valence-corrected chi connectivity index (χ4v) is 2.50. The first kappa shape index (κ1) is 14.3. The van der Waals surface area contributed by atoms with Gasteiger partial charge in [0, 0.05) is 5.69 Å². The molecule has 6 nitrogen and oxygen atoms in total. The van der Waals surface area contributed by atoms with Gasteiger partial charge in [0.15, 0.2) is 0 Å². The van der Waals surface area contributed by atoms with Crippen molar-refractivity contribution in [2.75, 3.05) is 0 Å². The van der Waals surface area contributed by atoms with E-state index in [9.17, 15) is 4.79 Å². The summed E-state index contributed by atoms with van der Waals surface area (Å²) < 4.78 is 1.70. The van der Waals surface area contributed by atoms with E-state index in [1.54, 1.807) is 4.68 Å². The van der Waals surface area contributed by atoms with Crippen LogP contribution in [0.25, 0.3) is 11.0 Å². The van der Waals surface area contributed by atoms with Crippen molar-refractivity contribution in [1.82, 2.24) is 25.1 Å². The molecule has 2 N–H and O–H groups in total. The summed E-state index contributed by atoms with van der Waals surface area (Å²) in [4.78, 5) is 19.9. The van der Waals surface area contributed by atoms with Crippen LogP contribution in [0, 0.1) is 13.8 Å². The van der Waals surface area contributed by atoms with E-state index in [0.717, 1.165) is 28.2 Å². The van der Waals surface area contributed by atoms with Crippen LogP contribution in [0.3, 0.4) is 0 Å². The summed E-state index contributed by atoms with van der Waals surface area (Å²) >= 11 is 0. The second-order valence-corrected chi connectivity index (χ2v) is 5.51. The van der Waals surface area contributed by atoms with Crippen LogP contribution in [0.2, 0.25) is 0 Å². The molecule has 114 valence electrons. The number of rotatable bonds is 4. The monoisotopic (exact) mass is 297 g/mol. The molecule has 6 heteroatoms. The Hall–Kier alpha value is -2.63. The Balaban J connectivity index is 1.69. The number of carbonyl (C=O) groups is 1. The third kappa shape index (κ3) is 2.86. The number of aryl methyl sites for hydroxylation is 2. The fourth-order valence-electron chi connectivity index (χ4n) is 2.50. The lowest BCUT2D eigenvalue weighted by Crippen LogP contribution is -2.31. The molecule has 2 heterocycles. The molecule has 0 saturated heterocycles. The van der Waals surface area contributed by atoms with E-state index in [4.69, 9.17) is 0 Å². The van der Waals surface area contributed by atoms with Crippen LogP contribution in [-0.4, -0.2) is 25.7 Å². The number of hydrogen-bond donors (Lipinski definition) is 2. The van der Waals surface area contributed by atoms with E-state index in [1.807, 2.05) is 51.1 Å². The Morgan fingerprint density at radius 3 is 2.82 bits per heavy atom. The maximum Gasteiger partial charge on any atom is 0.242 e. The molecule has 0 fully saturated rings. The van der Waals surface area contributed by atoms with Gasteiger partial charge in [0.05, 0.1) is 22.8 Å². The number of hydrogen-bond acceptors (Lipinski definition) is 3. The van der Waals surface area contributed by atoms with Crippen molar-refractivity contribution in [1.29, 1.82) is 0 Å². The van der Waals surface area contributed by atoms with Gasteiger partial charge >= 0.3 is 0 Å². The van der Waals surface area contributed by atoms with Gasteiger partial charge < -0.3 is 10.3 Å². The van der Waals surface area contributed by atoms with E-state index in [0.29, 0.717) is 0 Å². The Bertz CT molecular complexity index is 784. The zero-order valence-electron chi connectivity index (χ0n) is 12.9. The third-order valence-electron chi connectivity index (χ3n) is 3.59. The van der Waals surface area contributed by atoms with Gasteiger partial charge in [-0.05, 0) is 39.0 Å². The topological polar surface area (TPSA) is 75.6 Å². The number of aromatic nitrogens is 4. The summed E-state index contributed by atoms with van der Waals surface area (Å²) in [5.41, 5.74) is 3.76. The molecule has 3 aromatic rings. The Labute approximate surface area is 128 Å². The third-order valence-corrected chi connectivity index (χ3v) is 3.59. The van der Waals surface area contributed by atoms with E-state index in [1.165, 1.54) is 0 Å². The van der Waals surface area contributed by atoms with Crippen LogP contribution in [0.15, 0.2) is 30.3 Å². The van der Waals surface area contributed by atoms with Gasteiger partial charge in [-0.25, -0.2) is 4.98 Å². The molecular weight excluding hydrogens is 278 g/mol. The first-order valence-corrected chi connectivity index (χ1v) is 7.28. The van der Waals surface area contributed by atoms with Crippen LogP contribution in [0.5, 0.6) is 0 Å². The average molecular weight is 297 g/mol. The highest BCUT2D eigenvalue weighted by molar-refractivity contribution is 5.77. The predicted octanol–water partition coefficient (Wildman–Crippen LogP) is 2.25. The van der Waals surface area contributed by atoms with Crippen molar-refractivity contribution in [3.63, 3.8) is 0 Å². The SMILES string of the molecule is Cc1cc(C)n(CC(=O)N[C@H](C)c2nc3ccccc3[nH]2)n1. The predicted molar refractivity (Wildman–Crippen MR) is 84.4 cm³/mol. The van der Waals surface area contributed by atoms with Crippen molar-refractivity contribution < 1.29 is 4.79 Å². The molecule has 1 amide bonds. The lowest BCUT2D eigenvalue weighted by atomic mass is 10.3. The minimum Gasteiger partial charge on any atom is -0.345 e. The number of benzene rings is 1. The summed E-state index contributed by atoms with van der Waals surface area (Å²) in [6, 6.07) is 9.58. The molecule has 2 aromatic heterocycles. The van der Waals surface area contributed by atoms with Gasteiger partial charge in [0.25, 0.3) is 0 Å². The van der Waals surface area contributed by atoms with Gasteiger partial charge in [-0.2, -0.15) is 5.10 Å². The number of carbonyl (C=O) groups excluding carboxylic acids is 1. The molecule has 0 spiro atoms. The molecule has 0 aliphatic rings. The number of nitrogens with zero attached hydrogens (tertiary/aromatic N) is 3. The number of nitrogens with one attached hydrogen (secondary N) is 2. The number of H-pyrrole nitrogens is 1. The molecule has 0 radical (unpaired) electrons. The fraction of sp³-hybridized carbons (Fsp3) is 0.312. The summed E-state index contributed by atoms with van der Waals surface area (Å²) in [5.74, 6) is 0.669. The largest absolute Gasteiger partial charge is 0.345 e. The van der Waals surface area contributed by atoms with Gasteiger partial charge in [-0.3, -0.25) is 9.48 Å². The molecule has 0 aliphatic carbocycles. The maximum atomic E-state index is 12.2. The highest BCUT2D eigenvalue weighted by atomic mass is 16.2. The zero-order valence-corrected chi connectivity index (χ0v) is 12.9. The van der Waals surface area contributed by atoms with Crippen LogP contribution in [0.4, 0.5) is 0 Å². The molecule has 0 bridgehead atoms. The average Bonchev–Trinajstić information content (AvgIpc) is 3.02. The Kier molecular flexibility index (Phi) is 3.66. The molecule has 0 unspecified atom stereocenters. The highest BCUT2D eigenvalue weighted by Crippen LogP contribution is 2.15. The molecular formula is C16H19N5O. The second-order valence-electron chi connectivity index (χ2n) is 5.51. The van der Waals surface area contributed by atoms with E-state index in [-0.39, 0.29) is 18.5 Å². The van der Waals surface area contributed by atoms with Crippen LogP contribution >= 0.6 is 0 Å². The maximum absolute atomic E-state index is 12.2. The normalized spacial score (nSPS) is 12.5. The standard InChI is InChI=1S/C16H19N5O/c1-10-8-11(2)21(20-10)9-15(22)17-12(3)16-18-13-6-4-5-7-14(13)19-16/h4-8,12H,9H2,1-3H3,(H,17,22)(H,18,19)/t12-/m1/s1. The lowest BCUT2D eigenvalue weighted by molar-refractivity contribution is -0.122. The van der Waals surface area contributed by atoms with Gasteiger partial charge in [-0.1, -0.05) is 12.1 Å². The van der Waals surface area contributed by atoms with E-state index >= 15 is 0 Å². The quantitative estimate of drug-likeness (QED) is 0.775. The van der Waals surface area contributed by atoms with Crippen molar-refractivity contribution in [2.24, 2.45) is 0 Å². The van der Waals surface area contributed by atoms with Gasteiger partial charge in [0.2, 0.25) is 5.91 Å². The van der Waals surface area contributed by atoms with Crippen molar-refractivity contribution in [2.45, 2.75) is 33.4 Å². The summed E-state index contributed by atoms with van der Waals surface area (Å²) in [6.45, 7) is 5.98. The van der Waals surface area contributed by atoms with Gasteiger partial charge in [0.1, 0.15) is 12.4 Å². The second kappa shape index (κ2) is 5.63. The molecule has 0 saturated carbocycles. The number of fused-ring (bicyclic) bond motifs is 1. The highest BCUT2D eigenvalue weighted by Gasteiger charge is 2.14. The molecule has 22 heavy (non-hydrogen) atoms. The summed E-state index contributed by atoms with van der Waals surface area (Å²) in [5, 5.41) is 7.25. The Morgan fingerprint density at radius 1 is 1.36 bits per heavy atom. The van der Waals surface area contributed by atoms with Crippen molar-refractivity contribution in [3.8, 4) is 0 Å². The number of aromatic amines is 1. The summed E-state index contributed by atoms with van der Waals surface area (Å²) in [6.07, 6.45) is 0. The molecule has 3 rings (SSSR count).